The summed E-state index contributed by atoms with van der Waals surface area (Å²) in [5, 5.41) is 0. The highest BCUT2D eigenvalue weighted by atomic mass is 14.2. The Morgan fingerprint density at radius 1 is 0.483 bits per heavy atom. The molecule has 0 nitrogen and oxygen atoms in total. The molecule has 0 heteroatoms. The quantitative estimate of drug-likeness (QED) is 0.302. The lowest BCUT2D eigenvalue weighted by Crippen LogP contribution is -1.85. The molecule has 0 saturated carbocycles. The van der Waals surface area contributed by atoms with Crippen LogP contribution in [0.4, 0.5) is 0 Å². The summed E-state index contributed by atoms with van der Waals surface area (Å²) < 4.78 is 0. The molecule has 4 aromatic carbocycles. The standard InChI is InChI=1S/C29H25/c1-3-20-7-5-9-22(15-20)24-11-13-28-26(17-24)19-27-18-25(12-14-29(27)28)23-10-6-8-21(4-2)16-23/h5-19H,3-4H2,1-2H3. The number of hydrogen-bond acceptors (Lipinski definition) is 0. The Balaban J connectivity index is 1.50. The van der Waals surface area contributed by atoms with Gasteiger partial charge in [-0.25, -0.2) is 0 Å². The molecule has 0 amide bonds. The van der Waals surface area contributed by atoms with Gasteiger partial charge in [0.25, 0.3) is 0 Å². The van der Waals surface area contributed by atoms with Crippen molar-refractivity contribution in [2.24, 2.45) is 0 Å². The number of benzene rings is 4. The van der Waals surface area contributed by atoms with Crippen LogP contribution in [0.5, 0.6) is 0 Å². The maximum atomic E-state index is 2.34. The van der Waals surface area contributed by atoms with Gasteiger partial charge in [-0.2, -0.15) is 0 Å². The van der Waals surface area contributed by atoms with Crippen LogP contribution in [0.3, 0.4) is 0 Å². The summed E-state index contributed by atoms with van der Waals surface area (Å²) in [6.07, 6.45) is 4.47. The lowest BCUT2D eigenvalue weighted by molar-refractivity contribution is 1.14. The van der Waals surface area contributed by atoms with Gasteiger partial charge in [0.15, 0.2) is 0 Å². The predicted octanol–water partition coefficient (Wildman–Crippen LogP) is 7.73. The maximum Gasteiger partial charge on any atom is 0.0212 e. The number of fused-ring (bicyclic) bond motifs is 3. The van der Waals surface area contributed by atoms with E-state index >= 15 is 0 Å². The smallest absolute Gasteiger partial charge is 0.0212 e. The second-order valence-electron chi connectivity index (χ2n) is 7.86. The van der Waals surface area contributed by atoms with Crippen molar-refractivity contribution in [2.75, 3.05) is 0 Å². The summed E-state index contributed by atoms with van der Waals surface area (Å²) in [4.78, 5) is 0. The average Bonchev–Trinajstić information content (AvgIpc) is 3.16. The van der Waals surface area contributed by atoms with E-state index in [2.05, 4.69) is 105 Å². The Morgan fingerprint density at radius 3 is 1.38 bits per heavy atom. The van der Waals surface area contributed by atoms with Gasteiger partial charge in [0.05, 0.1) is 0 Å². The molecule has 29 heavy (non-hydrogen) atoms. The Bertz CT molecular complexity index is 1100. The van der Waals surface area contributed by atoms with Crippen LogP contribution in [0.2, 0.25) is 0 Å². The Kier molecular flexibility index (Phi) is 4.56. The molecule has 0 bridgehead atoms. The minimum Gasteiger partial charge on any atom is -0.0614 e. The van der Waals surface area contributed by atoms with E-state index in [-0.39, 0.29) is 0 Å². The van der Waals surface area contributed by atoms with Crippen molar-refractivity contribution in [1.82, 2.24) is 0 Å². The first-order valence-corrected chi connectivity index (χ1v) is 10.6. The summed E-state index contributed by atoms with van der Waals surface area (Å²) in [7, 11) is 0. The van der Waals surface area contributed by atoms with Gasteiger partial charge in [-0.05, 0) is 80.6 Å². The predicted molar refractivity (Wildman–Crippen MR) is 124 cm³/mol. The fraction of sp³-hybridized carbons (Fsp3) is 0.138. The minimum atomic E-state index is 1.07. The molecule has 0 aromatic heterocycles. The molecule has 0 N–H and O–H groups in total. The molecule has 0 unspecified atom stereocenters. The molecule has 1 aliphatic rings. The highest BCUT2D eigenvalue weighted by molar-refractivity contribution is 5.86. The largest absolute Gasteiger partial charge is 0.0614 e. The Morgan fingerprint density at radius 2 is 0.931 bits per heavy atom. The fourth-order valence-corrected chi connectivity index (χ4v) is 4.32. The highest BCUT2D eigenvalue weighted by Crippen LogP contribution is 2.41. The molecule has 4 aromatic rings. The second-order valence-corrected chi connectivity index (χ2v) is 7.86. The van der Waals surface area contributed by atoms with Crippen LogP contribution in [-0.2, 0) is 12.8 Å². The summed E-state index contributed by atoms with van der Waals surface area (Å²) in [5.74, 6) is 0. The first-order chi connectivity index (χ1) is 14.2. The first-order valence-electron chi connectivity index (χ1n) is 10.6. The lowest BCUT2D eigenvalue weighted by atomic mass is 9.96. The van der Waals surface area contributed by atoms with Gasteiger partial charge in [-0.3, -0.25) is 0 Å². The van der Waals surface area contributed by atoms with Crippen molar-refractivity contribution in [3.63, 3.8) is 0 Å². The zero-order valence-corrected chi connectivity index (χ0v) is 17.1. The van der Waals surface area contributed by atoms with Crippen molar-refractivity contribution < 1.29 is 0 Å². The zero-order chi connectivity index (χ0) is 19.8. The number of hydrogen-bond donors (Lipinski definition) is 0. The van der Waals surface area contributed by atoms with Gasteiger partial charge >= 0.3 is 0 Å². The van der Waals surface area contributed by atoms with E-state index in [9.17, 15) is 0 Å². The minimum absolute atomic E-state index is 1.07. The Hall–Kier alpha value is -3.12. The van der Waals surface area contributed by atoms with E-state index in [4.69, 9.17) is 0 Å². The molecule has 0 fully saturated rings. The van der Waals surface area contributed by atoms with E-state index in [0.717, 1.165) is 12.8 Å². The molecule has 1 aliphatic carbocycles. The third-order valence-corrected chi connectivity index (χ3v) is 6.04. The van der Waals surface area contributed by atoms with Crippen molar-refractivity contribution >= 4 is 0 Å². The summed E-state index contributed by atoms with van der Waals surface area (Å²) in [6.45, 7) is 4.42. The molecule has 0 aliphatic heterocycles. The molecule has 0 saturated heterocycles. The third-order valence-electron chi connectivity index (χ3n) is 6.04. The van der Waals surface area contributed by atoms with Gasteiger partial charge < -0.3 is 0 Å². The summed E-state index contributed by atoms with van der Waals surface area (Å²) in [6, 6.07) is 31.5. The van der Waals surface area contributed by atoms with Crippen molar-refractivity contribution in [1.29, 1.82) is 0 Å². The van der Waals surface area contributed by atoms with Gasteiger partial charge in [-0.15, -0.1) is 0 Å². The normalized spacial score (nSPS) is 11.9. The van der Waals surface area contributed by atoms with Gasteiger partial charge in [0.2, 0.25) is 0 Å². The van der Waals surface area contributed by atoms with E-state index in [1.807, 2.05) is 0 Å². The van der Waals surface area contributed by atoms with Crippen LogP contribution < -0.4 is 0 Å². The molecule has 0 atom stereocenters. The monoisotopic (exact) mass is 373 g/mol. The molecule has 0 heterocycles. The second kappa shape index (κ2) is 7.37. The number of rotatable bonds is 4. The van der Waals surface area contributed by atoms with Crippen LogP contribution >= 0.6 is 0 Å². The maximum absolute atomic E-state index is 2.34. The van der Waals surface area contributed by atoms with Crippen molar-refractivity contribution in [3.05, 3.63) is 114 Å². The Labute approximate surface area is 173 Å². The van der Waals surface area contributed by atoms with Crippen LogP contribution in [0, 0.1) is 6.42 Å². The van der Waals surface area contributed by atoms with E-state index < -0.39 is 0 Å². The third kappa shape index (κ3) is 3.29. The van der Waals surface area contributed by atoms with E-state index in [1.165, 1.54) is 55.6 Å². The molecule has 141 valence electrons. The lowest BCUT2D eigenvalue weighted by Gasteiger charge is -2.08. The van der Waals surface area contributed by atoms with Crippen LogP contribution in [0.15, 0.2) is 84.9 Å². The number of aryl methyl sites for hydroxylation is 2. The summed E-state index contributed by atoms with van der Waals surface area (Å²) >= 11 is 0. The molecule has 1 radical (unpaired) electrons. The van der Waals surface area contributed by atoms with Crippen molar-refractivity contribution in [3.8, 4) is 33.4 Å². The van der Waals surface area contributed by atoms with Crippen LogP contribution in [-0.4, -0.2) is 0 Å². The van der Waals surface area contributed by atoms with Crippen LogP contribution in [0.25, 0.3) is 33.4 Å². The average molecular weight is 374 g/mol. The summed E-state index contributed by atoms with van der Waals surface area (Å²) in [5.41, 5.74) is 13.3. The first kappa shape index (κ1) is 17.9. The van der Waals surface area contributed by atoms with Gasteiger partial charge in [-0.1, -0.05) is 86.6 Å². The fourth-order valence-electron chi connectivity index (χ4n) is 4.32. The SMILES string of the molecule is CCc1cccc(-c2ccc3c(c2)[CH]c2cc(-c4cccc(CC)c4)ccc2-3)c1. The highest BCUT2D eigenvalue weighted by Gasteiger charge is 2.20. The van der Waals surface area contributed by atoms with Crippen LogP contribution in [0.1, 0.15) is 36.1 Å². The molecule has 0 spiro atoms. The molecule has 5 rings (SSSR count). The zero-order valence-electron chi connectivity index (χ0n) is 17.1. The van der Waals surface area contributed by atoms with Crippen molar-refractivity contribution in [2.45, 2.75) is 26.7 Å². The van der Waals surface area contributed by atoms with Gasteiger partial charge in [0.1, 0.15) is 0 Å². The topological polar surface area (TPSA) is 0 Å². The molecular formula is C29H25. The van der Waals surface area contributed by atoms with E-state index in [1.54, 1.807) is 0 Å². The van der Waals surface area contributed by atoms with Gasteiger partial charge in [0, 0.05) is 6.42 Å². The molecular weight excluding hydrogens is 348 g/mol. The van der Waals surface area contributed by atoms with E-state index in [0.29, 0.717) is 0 Å².